The number of nitrogens with one attached hydrogen (secondary N) is 1. The second-order valence-corrected chi connectivity index (χ2v) is 9.70. The topological polar surface area (TPSA) is 92.8 Å². The first-order valence-electron chi connectivity index (χ1n) is 10.1. The fraction of sp³-hybridized carbons (Fsp3) is 0.364. The van der Waals surface area contributed by atoms with Crippen LogP contribution in [0, 0.1) is 0 Å². The minimum atomic E-state index is -3.81. The molecule has 2 aromatic rings. The number of sulfonamides is 1. The number of benzene rings is 2. The molecule has 1 aliphatic rings. The van der Waals surface area contributed by atoms with Gasteiger partial charge >= 0.3 is 5.97 Å². The largest absolute Gasteiger partial charge is 0.452 e. The normalized spacial score (nSPS) is 15.8. The summed E-state index contributed by atoms with van der Waals surface area (Å²) in [6.45, 7) is 2.19. The van der Waals surface area contributed by atoms with E-state index in [0.717, 1.165) is 24.8 Å². The standard InChI is InChI=1S/C22H25ClN2O5S/c1-16(17-8-4-2-5-9-17)24-21(26)15-30-22(27)18-10-11-19(23)20(14-18)31(28,29)25-12-6-3-7-13-25/h2,4-5,8-11,14,16H,3,6-7,12-13,15H2,1H3,(H,24,26)/t16-/m0/s1. The van der Waals surface area contributed by atoms with Gasteiger partial charge in [-0.3, -0.25) is 4.79 Å². The quantitative estimate of drug-likeness (QED) is 0.632. The average molecular weight is 465 g/mol. The number of carbonyl (C=O) groups is 2. The number of nitrogens with zero attached hydrogens (tertiary/aromatic N) is 1. The van der Waals surface area contributed by atoms with E-state index in [1.54, 1.807) is 0 Å². The van der Waals surface area contributed by atoms with Crippen molar-refractivity contribution in [3.8, 4) is 0 Å². The maximum absolute atomic E-state index is 12.9. The van der Waals surface area contributed by atoms with Crippen LogP contribution in [0.5, 0.6) is 0 Å². The zero-order chi connectivity index (χ0) is 22.4. The number of hydrogen-bond donors (Lipinski definition) is 1. The molecule has 1 fully saturated rings. The molecule has 3 rings (SSSR count). The first kappa shape index (κ1) is 23.2. The molecule has 1 heterocycles. The van der Waals surface area contributed by atoms with Crippen molar-refractivity contribution in [2.75, 3.05) is 19.7 Å². The second kappa shape index (κ2) is 10.3. The predicted molar refractivity (Wildman–Crippen MR) is 117 cm³/mol. The third-order valence-electron chi connectivity index (χ3n) is 5.11. The summed E-state index contributed by atoms with van der Waals surface area (Å²) >= 11 is 6.13. The van der Waals surface area contributed by atoms with Crippen LogP contribution in [-0.4, -0.2) is 44.3 Å². The van der Waals surface area contributed by atoms with Gasteiger partial charge in [-0.1, -0.05) is 48.4 Å². The van der Waals surface area contributed by atoms with E-state index in [-0.39, 0.29) is 21.5 Å². The molecule has 0 unspecified atom stereocenters. The van der Waals surface area contributed by atoms with Crippen LogP contribution >= 0.6 is 11.6 Å². The summed E-state index contributed by atoms with van der Waals surface area (Å²) in [7, 11) is -3.81. The zero-order valence-electron chi connectivity index (χ0n) is 17.2. The highest BCUT2D eigenvalue weighted by molar-refractivity contribution is 7.89. The number of rotatable bonds is 7. The van der Waals surface area contributed by atoms with Crippen LogP contribution < -0.4 is 5.32 Å². The minimum Gasteiger partial charge on any atom is -0.452 e. The Hall–Kier alpha value is -2.42. The van der Waals surface area contributed by atoms with Crippen molar-refractivity contribution in [1.29, 1.82) is 0 Å². The Morgan fingerprint density at radius 3 is 2.45 bits per heavy atom. The summed E-state index contributed by atoms with van der Waals surface area (Å²) < 4.78 is 32.3. The maximum Gasteiger partial charge on any atom is 0.338 e. The second-order valence-electron chi connectivity index (χ2n) is 7.39. The first-order valence-corrected chi connectivity index (χ1v) is 11.9. The molecule has 0 bridgehead atoms. The lowest BCUT2D eigenvalue weighted by atomic mass is 10.1. The van der Waals surface area contributed by atoms with E-state index in [1.807, 2.05) is 37.3 Å². The molecule has 1 amide bonds. The van der Waals surface area contributed by atoms with Crippen molar-refractivity contribution in [2.24, 2.45) is 0 Å². The Kier molecular flexibility index (Phi) is 7.69. The van der Waals surface area contributed by atoms with Crippen molar-refractivity contribution in [1.82, 2.24) is 9.62 Å². The van der Waals surface area contributed by atoms with Crippen LogP contribution in [0.15, 0.2) is 53.4 Å². The third-order valence-corrected chi connectivity index (χ3v) is 7.49. The van der Waals surface area contributed by atoms with Crippen LogP contribution in [0.3, 0.4) is 0 Å². The highest BCUT2D eigenvalue weighted by Crippen LogP contribution is 2.28. The van der Waals surface area contributed by atoms with Gasteiger partial charge in [0.05, 0.1) is 16.6 Å². The number of carbonyl (C=O) groups excluding carboxylic acids is 2. The summed E-state index contributed by atoms with van der Waals surface area (Å²) in [5.41, 5.74) is 0.941. The molecule has 31 heavy (non-hydrogen) atoms. The van der Waals surface area contributed by atoms with Crippen molar-refractivity contribution in [3.63, 3.8) is 0 Å². The molecule has 0 spiro atoms. The molecule has 0 radical (unpaired) electrons. The molecule has 1 aliphatic heterocycles. The molecule has 0 saturated carbocycles. The summed E-state index contributed by atoms with van der Waals surface area (Å²) in [6.07, 6.45) is 2.56. The van der Waals surface area contributed by atoms with Crippen LogP contribution in [0.25, 0.3) is 0 Å². The lowest BCUT2D eigenvalue weighted by Crippen LogP contribution is -2.35. The van der Waals surface area contributed by atoms with Gasteiger partial charge in [0.15, 0.2) is 6.61 Å². The van der Waals surface area contributed by atoms with E-state index in [2.05, 4.69) is 5.32 Å². The summed E-state index contributed by atoms with van der Waals surface area (Å²) in [5.74, 6) is -1.26. The number of esters is 1. The fourth-order valence-electron chi connectivity index (χ4n) is 3.39. The Morgan fingerprint density at radius 1 is 1.10 bits per heavy atom. The molecular weight excluding hydrogens is 440 g/mol. The SMILES string of the molecule is C[C@H](NC(=O)COC(=O)c1ccc(Cl)c(S(=O)(=O)N2CCCCC2)c1)c1ccccc1. The monoisotopic (exact) mass is 464 g/mol. The van der Waals surface area contributed by atoms with E-state index in [9.17, 15) is 18.0 Å². The fourth-order valence-corrected chi connectivity index (χ4v) is 5.41. The number of halogens is 1. The molecule has 1 saturated heterocycles. The van der Waals surface area contributed by atoms with Gasteiger partial charge in [0.25, 0.3) is 5.91 Å². The highest BCUT2D eigenvalue weighted by Gasteiger charge is 2.29. The number of hydrogen-bond acceptors (Lipinski definition) is 5. The van der Waals surface area contributed by atoms with Crippen molar-refractivity contribution in [3.05, 3.63) is 64.7 Å². The Bertz CT molecular complexity index is 1040. The van der Waals surface area contributed by atoms with Crippen LogP contribution in [0.2, 0.25) is 5.02 Å². The van der Waals surface area contributed by atoms with E-state index < -0.39 is 28.5 Å². The van der Waals surface area contributed by atoms with Crippen molar-refractivity contribution >= 4 is 33.5 Å². The van der Waals surface area contributed by atoms with E-state index >= 15 is 0 Å². The van der Waals surface area contributed by atoms with E-state index in [4.69, 9.17) is 16.3 Å². The van der Waals surface area contributed by atoms with Crippen molar-refractivity contribution in [2.45, 2.75) is 37.1 Å². The smallest absolute Gasteiger partial charge is 0.338 e. The van der Waals surface area contributed by atoms with Gasteiger partial charge < -0.3 is 10.1 Å². The van der Waals surface area contributed by atoms with Gasteiger partial charge in [-0.15, -0.1) is 0 Å². The summed E-state index contributed by atoms with van der Waals surface area (Å²) in [5, 5.41) is 2.79. The van der Waals surface area contributed by atoms with Crippen LogP contribution in [0.1, 0.15) is 48.1 Å². The lowest BCUT2D eigenvalue weighted by molar-refractivity contribution is -0.124. The Balaban J connectivity index is 1.64. The third kappa shape index (κ3) is 5.84. The number of amides is 1. The number of piperidine rings is 1. The first-order chi connectivity index (χ1) is 14.8. The molecule has 166 valence electrons. The van der Waals surface area contributed by atoms with Gasteiger partial charge in [-0.05, 0) is 43.5 Å². The van der Waals surface area contributed by atoms with Crippen LogP contribution in [-0.2, 0) is 19.6 Å². The van der Waals surface area contributed by atoms with Gasteiger partial charge in [0.1, 0.15) is 4.90 Å². The molecule has 0 aliphatic carbocycles. The van der Waals surface area contributed by atoms with Gasteiger partial charge in [0.2, 0.25) is 10.0 Å². The maximum atomic E-state index is 12.9. The van der Waals surface area contributed by atoms with E-state index in [1.165, 1.54) is 22.5 Å². The summed E-state index contributed by atoms with van der Waals surface area (Å²) in [4.78, 5) is 24.4. The van der Waals surface area contributed by atoms with Crippen molar-refractivity contribution < 1.29 is 22.7 Å². The Morgan fingerprint density at radius 2 is 1.77 bits per heavy atom. The van der Waals surface area contributed by atoms with Gasteiger partial charge in [0, 0.05) is 13.1 Å². The Labute approximate surface area is 187 Å². The molecule has 7 nitrogen and oxygen atoms in total. The van der Waals surface area contributed by atoms with Gasteiger partial charge in [-0.2, -0.15) is 4.31 Å². The van der Waals surface area contributed by atoms with Crippen LogP contribution in [0.4, 0.5) is 0 Å². The zero-order valence-corrected chi connectivity index (χ0v) is 18.8. The minimum absolute atomic E-state index is 0.0175. The molecule has 1 atom stereocenters. The highest BCUT2D eigenvalue weighted by atomic mass is 35.5. The summed E-state index contributed by atoms with van der Waals surface area (Å²) in [6, 6.07) is 13.1. The lowest BCUT2D eigenvalue weighted by Gasteiger charge is -2.26. The predicted octanol–water partition coefficient (Wildman–Crippen LogP) is 3.55. The average Bonchev–Trinajstić information content (AvgIpc) is 2.78. The number of ether oxygens (including phenoxy) is 1. The molecule has 2 aromatic carbocycles. The molecule has 0 aromatic heterocycles. The van der Waals surface area contributed by atoms with Gasteiger partial charge in [-0.25, -0.2) is 13.2 Å². The van der Waals surface area contributed by atoms with E-state index in [0.29, 0.717) is 13.1 Å². The molecular formula is C22H25ClN2O5S. The molecule has 1 N–H and O–H groups in total. The molecule has 9 heteroatoms.